The van der Waals surface area contributed by atoms with Gasteiger partial charge in [-0.2, -0.15) is 5.26 Å². The molecular weight excluding hydrogens is 372 g/mol. The third kappa shape index (κ3) is 2.33. The molecule has 1 saturated heterocycles. The highest BCUT2D eigenvalue weighted by molar-refractivity contribution is 6.18. The van der Waals surface area contributed by atoms with Crippen LogP contribution in [0, 0.1) is 17.2 Å². The van der Waals surface area contributed by atoms with E-state index in [0.717, 1.165) is 11.1 Å². The Hall–Kier alpha value is -3.37. The summed E-state index contributed by atoms with van der Waals surface area (Å²) in [4.78, 5) is 28.4. The first-order valence-electron chi connectivity index (χ1n) is 9.37. The number of carbonyl (C=O) groups excluding carboxylic acids is 2. The third-order valence-electron chi connectivity index (χ3n) is 6.10. The summed E-state index contributed by atoms with van der Waals surface area (Å²) >= 11 is 0. The van der Waals surface area contributed by atoms with E-state index in [4.69, 9.17) is 14.2 Å². The van der Waals surface area contributed by atoms with Gasteiger partial charge in [-0.05, 0) is 23.3 Å². The Labute approximate surface area is 167 Å². The van der Waals surface area contributed by atoms with E-state index in [1.807, 2.05) is 35.2 Å². The number of fused-ring (bicyclic) bond motifs is 5. The van der Waals surface area contributed by atoms with Gasteiger partial charge in [0.2, 0.25) is 6.79 Å². The molecule has 0 unspecified atom stereocenters. The van der Waals surface area contributed by atoms with Gasteiger partial charge in [0.15, 0.2) is 22.8 Å². The number of Topliss-reactive ketones (excluding diaryl/α,β-unsaturated/α-hetero) is 1. The minimum atomic E-state index is -1.51. The molecule has 0 aromatic heterocycles. The molecule has 0 N–H and O–H groups in total. The molecule has 2 aromatic rings. The number of ether oxygens (including phenoxy) is 3. The predicted molar refractivity (Wildman–Crippen MR) is 100 cm³/mol. The maximum absolute atomic E-state index is 13.5. The number of carbonyl (C=O) groups is 2. The van der Waals surface area contributed by atoms with Gasteiger partial charge in [0.25, 0.3) is 0 Å². The van der Waals surface area contributed by atoms with Crippen molar-refractivity contribution in [2.45, 2.75) is 24.5 Å². The minimum absolute atomic E-state index is 0.110. The first-order valence-corrected chi connectivity index (χ1v) is 9.37. The number of nitrogens with zero attached hydrogens (tertiary/aromatic N) is 2. The van der Waals surface area contributed by atoms with Crippen molar-refractivity contribution in [1.82, 2.24) is 4.90 Å². The molecule has 2 bridgehead atoms. The van der Waals surface area contributed by atoms with Crippen LogP contribution in [0.25, 0.3) is 0 Å². The van der Waals surface area contributed by atoms with Gasteiger partial charge in [-0.3, -0.25) is 9.69 Å². The predicted octanol–water partition coefficient (Wildman–Crippen LogP) is 2.61. The fourth-order valence-electron chi connectivity index (χ4n) is 4.84. The van der Waals surface area contributed by atoms with Crippen LogP contribution in [0.4, 0.5) is 0 Å². The lowest BCUT2D eigenvalue weighted by molar-refractivity contribution is -0.151. The molecule has 0 aliphatic carbocycles. The lowest BCUT2D eigenvalue weighted by Crippen LogP contribution is -2.59. The van der Waals surface area contributed by atoms with E-state index in [9.17, 15) is 14.9 Å². The maximum Gasteiger partial charge on any atom is 0.334 e. The van der Waals surface area contributed by atoms with Crippen molar-refractivity contribution in [2.75, 3.05) is 13.9 Å². The van der Waals surface area contributed by atoms with Crippen molar-refractivity contribution < 1.29 is 23.8 Å². The molecule has 3 atom stereocenters. The average Bonchev–Trinajstić information content (AvgIpc) is 3.32. The van der Waals surface area contributed by atoms with E-state index in [0.29, 0.717) is 23.6 Å². The molecule has 3 aliphatic heterocycles. The highest BCUT2D eigenvalue weighted by atomic mass is 16.7. The summed E-state index contributed by atoms with van der Waals surface area (Å²) in [5, 5.41) is 9.83. The van der Waals surface area contributed by atoms with Gasteiger partial charge in [-0.15, -0.1) is 0 Å². The van der Waals surface area contributed by atoms with Gasteiger partial charge >= 0.3 is 5.97 Å². The topological polar surface area (TPSA) is 88.9 Å². The van der Waals surface area contributed by atoms with Gasteiger partial charge in [0.05, 0.1) is 25.1 Å². The largest absolute Gasteiger partial charge is 0.467 e. The second kappa shape index (κ2) is 6.33. The zero-order chi connectivity index (χ0) is 20.2. The molecule has 0 radical (unpaired) electrons. The second-order valence-corrected chi connectivity index (χ2v) is 7.47. The summed E-state index contributed by atoms with van der Waals surface area (Å²) in [6.45, 7) is 0.467. The lowest BCUT2D eigenvalue weighted by Gasteiger charge is -2.42. The van der Waals surface area contributed by atoms with Gasteiger partial charge in [0, 0.05) is 18.5 Å². The molecule has 7 nitrogen and oxygen atoms in total. The van der Waals surface area contributed by atoms with Crippen LogP contribution in [0.5, 0.6) is 11.5 Å². The third-order valence-corrected chi connectivity index (χ3v) is 6.10. The summed E-state index contributed by atoms with van der Waals surface area (Å²) in [6, 6.07) is 14.7. The Morgan fingerprint density at radius 2 is 2.07 bits per heavy atom. The van der Waals surface area contributed by atoms with E-state index < -0.39 is 17.4 Å². The monoisotopic (exact) mass is 390 g/mol. The number of nitriles is 1. The van der Waals surface area contributed by atoms with E-state index in [1.165, 1.54) is 7.11 Å². The number of ketones is 1. The number of methoxy groups -OCH3 is 1. The zero-order valence-corrected chi connectivity index (χ0v) is 15.8. The Morgan fingerprint density at radius 1 is 1.28 bits per heavy atom. The van der Waals surface area contributed by atoms with Crippen LogP contribution in [0.1, 0.15) is 33.9 Å². The highest BCUT2D eigenvalue weighted by Crippen LogP contribution is 2.54. The van der Waals surface area contributed by atoms with E-state index in [-0.39, 0.29) is 25.0 Å². The smallest absolute Gasteiger partial charge is 0.334 e. The molecule has 0 amide bonds. The molecule has 1 fully saturated rings. The minimum Gasteiger partial charge on any atom is -0.467 e. The average molecular weight is 390 g/mol. The molecule has 0 spiro atoms. The lowest BCUT2D eigenvalue weighted by atomic mass is 9.82. The van der Waals surface area contributed by atoms with E-state index >= 15 is 0 Å². The molecule has 7 heteroatoms. The van der Waals surface area contributed by atoms with Crippen molar-refractivity contribution in [3.05, 3.63) is 59.2 Å². The van der Waals surface area contributed by atoms with Crippen molar-refractivity contribution in [2.24, 2.45) is 5.92 Å². The van der Waals surface area contributed by atoms with Crippen LogP contribution in [-0.4, -0.2) is 36.1 Å². The summed E-state index contributed by atoms with van der Waals surface area (Å²) < 4.78 is 15.9. The van der Waals surface area contributed by atoms with Crippen molar-refractivity contribution in [3.63, 3.8) is 0 Å². The van der Waals surface area contributed by atoms with Crippen molar-refractivity contribution >= 4 is 11.8 Å². The van der Waals surface area contributed by atoms with Crippen LogP contribution in [0.3, 0.4) is 0 Å². The number of benzene rings is 2. The normalized spacial score (nSPS) is 26.7. The molecular formula is C22H18N2O5. The Bertz CT molecular complexity index is 1080. The summed E-state index contributed by atoms with van der Waals surface area (Å²) in [5.74, 6) is -0.150. The molecule has 2 aromatic carbocycles. The van der Waals surface area contributed by atoms with E-state index in [1.54, 1.807) is 12.1 Å². The summed E-state index contributed by atoms with van der Waals surface area (Å²) in [5.41, 5.74) is 0.618. The standard InChI is InChI=1S/C22H18N2O5/c1-27-21(26)22-9-14(10-23)19(15-4-2-3-5-16(15)20(22)25)24(22)11-13-6-7-17-18(8-13)29-12-28-17/h2-8,14,19H,9,11-12H2,1H3/t14-,19-,22+/m0/s1. The Balaban J connectivity index is 1.65. The van der Waals surface area contributed by atoms with Crippen LogP contribution >= 0.6 is 0 Å². The first kappa shape index (κ1) is 17.7. The van der Waals surface area contributed by atoms with Crippen LogP contribution in [0.15, 0.2) is 42.5 Å². The van der Waals surface area contributed by atoms with E-state index in [2.05, 4.69) is 6.07 Å². The number of hydrogen-bond acceptors (Lipinski definition) is 7. The molecule has 0 saturated carbocycles. The van der Waals surface area contributed by atoms with Crippen molar-refractivity contribution in [3.8, 4) is 17.6 Å². The van der Waals surface area contributed by atoms with Gasteiger partial charge in [-0.1, -0.05) is 30.3 Å². The van der Waals surface area contributed by atoms with Crippen LogP contribution in [0.2, 0.25) is 0 Å². The van der Waals surface area contributed by atoms with Gasteiger partial charge < -0.3 is 14.2 Å². The SMILES string of the molecule is COC(=O)[C@@]12C[C@@H](C#N)[C@@H](c3ccccc3C1=O)N2Cc1ccc2c(c1)OCO2. The molecule has 29 heavy (non-hydrogen) atoms. The molecule has 3 heterocycles. The molecule has 146 valence electrons. The van der Waals surface area contributed by atoms with Crippen molar-refractivity contribution in [1.29, 1.82) is 5.26 Å². The van der Waals surface area contributed by atoms with Gasteiger partial charge in [0.1, 0.15) is 0 Å². The summed E-state index contributed by atoms with van der Waals surface area (Å²) in [6.07, 6.45) is 0.110. The fourth-order valence-corrected chi connectivity index (χ4v) is 4.84. The molecule has 3 aliphatic rings. The summed E-state index contributed by atoms with van der Waals surface area (Å²) in [7, 11) is 1.28. The second-order valence-electron chi connectivity index (χ2n) is 7.47. The number of hydrogen-bond donors (Lipinski definition) is 0. The Kier molecular flexibility index (Phi) is 3.86. The fraction of sp³-hybridized carbons (Fsp3) is 0.318. The van der Waals surface area contributed by atoms with Gasteiger partial charge in [-0.25, -0.2) is 4.79 Å². The number of esters is 1. The highest BCUT2D eigenvalue weighted by Gasteiger charge is 2.65. The number of rotatable bonds is 3. The first-order chi connectivity index (χ1) is 14.1. The zero-order valence-electron chi connectivity index (χ0n) is 15.8. The van der Waals surface area contributed by atoms with Crippen LogP contribution < -0.4 is 9.47 Å². The Morgan fingerprint density at radius 3 is 2.86 bits per heavy atom. The quantitative estimate of drug-likeness (QED) is 0.588. The van der Waals surface area contributed by atoms with Crippen LogP contribution in [-0.2, 0) is 16.1 Å². The maximum atomic E-state index is 13.5. The molecule has 5 rings (SSSR count).